The Bertz CT molecular complexity index is 1440. The molecule has 0 heterocycles. The molecule has 154 valence electrons. The molecule has 1 aliphatic carbocycles. The highest BCUT2D eigenvalue weighted by molar-refractivity contribution is 5.96. The molecule has 5 aromatic rings. The van der Waals surface area contributed by atoms with Crippen molar-refractivity contribution in [3.8, 4) is 22.3 Å². The molecular formula is C31H25N. The predicted molar refractivity (Wildman–Crippen MR) is 137 cm³/mol. The van der Waals surface area contributed by atoms with Crippen molar-refractivity contribution in [2.24, 2.45) is 0 Å². The molecule has 0 radical (unpaired) electrons. The van der Waals surface area contributed by atoms with Gasteiger partial charge in [0.15, 0.2) is 0 Å². The first kappa shape index (κ1) is 18.9. The van der Waals surface area contributed by atoms with Gasteiger partial charge < -0.3 is 5.32 Å². The van der Waals surface area contributed by atoms with E-state index in [-0.39, 0.29) is 5.41 Å². The predicted octanol–water partition coefficient (Wildman–Crippen LogP) is 8.56. The molecule has 1 heteroatoms. The van der Waals surface area contributed by atoms with Gasteiger partial charge in [0.2, 0.25) is 0 Å². The van der Waals surface area contributed by atoms with E-state index in [0.717, 1.165) is 11.4 Å². The van der Waals surface area contributed by atoms with Crippen molar-refractivity contribution in [1.29, 1.82) is 0 Å². The van der Waals surface area contributed by atoms with E-state index < -0.39 is 0 Å². The molecule has 1 nitrogen and oxygen atoms in total. The lowest BCUT2D eigenvalue weighted by Gasteiger charge is -2.25. The Morgan fingerprint density at radius 2 is 1.16 bits per heavy atom. The molecule has 0 saturated heterocycles. The Morgan fingerprint density at radius 3 is 1.91 bits per heavy atom. The maximum atomic E-state index is 3.48. The molecular weight excluding hydrogens is 386 g/mol. The molecule has 0 saturated carbocycles. The van der Waals surface area contributed by atoms with Crippen LogP contribution in [0.15, 0.2) is 109 Å². The van der Waals surface area contributed by atoms with Gasteiger partial charge in [0.05, 0.1) is 0 Å². The zero-order valence-electron chi connectivity index (χ0n) is 18.4. The number of hydrogen-bond acceptors (Lipinski definition) is 1. The summed E-state index contributed by atoms with van der Waals surface area (Å²) in [6.45, 7) is 4.72. The Balaban J connectivity index is 1.44. The topological polar surface area (TPSA) is 12.0 Å². The number of nitrogens with one attached hydrogen (secondary N) is 1. The number of fused-ring (bicyclic) bond motifs is 4. The van der Waals surface area contributed by atoms with Gasteiger partial charge in [0.1, 0.15) is 0 Å². The quantitative estimate of drug-likeness (QED) is 0.313. The summed E-state index contributed by atoms with van der Waals surface area (Å²) in [6, 6.07) is 39.3. The molecule has 1 N–H and O–H groups in total. The minimum Gasteiger partial charge on any atom is -0.356 e. The third kappa shape index (κ3) is 2.93. The van der Waals surface area contributed by atoms with Gasteiger partial charge in [0, 0.05) is 16.8 Å². The van der Waals surface area contributed by atoms with Gasteiger partial charge in [-0.15, -0.1) is 0 Å². The summed E-state index contributed by atoms with van der Waals surface area (Å²) < 4.78 is 0. The van der Waals surface area contributed by atoms with Crippen LogP contribution in [-0.4, -0.2) is 0 Å². The van der Waals surface area contributed by atoms with Gasteiger partial charge in [0.25, 0.3) is 0 Å². The van der Waals surface area contributed by atoms with E-state index in [1.165, 1.54) is 44.2 Å². The normalized spacial score (nSPS) is 13.6. The summed E-state index contributed by atoms with van der Waals surface area (Å²) in [5, 5.41) is 6.10. The van der Waals surface area contributed by atoms with Crippen LogP contribution >= 0.6 is 0 Å². The van der Waals surface area contributed by atoms with Crippen LogP contribution in [0.25, 0.3) is 33.0 Å². The van der Waals surface area contributed by atoms with Crippen LogP contribution in [0.4, 0.5) is 11.4 Å². The molecule has 0 amide bonds. The maximum Gasteiger partial charge on any atom is 0.0384 e. The van der Waals surface area contributed by atoms with Gasteiger partial charge in [-0.05, 0) is 80.6 Å². The second-order valence-corrected chi connectivity index (χ2v) is 9.17. The van der Waals surface area contributed by atoms with Crippen molar-refractivity contribution in [3.05, 3.63) is 120 Å². The highest BCUT2D eigenvalue weighted by Gasteiger charge is 2.37. The molecule has 5 aromatic carbocycles. The molecule has 0 bridgehead atoms. The fourth-order valence-electron chi connectivity index (χ4n) is 5.23. The second-order valence-electron chi connectivity index (χ2n) is 9.17. The first-order valence-electron chi connectivity index (χ1n) is 11.2. The van der Waals surface area contributed by atoms with Crippen LogP contribution in [0.2, 0.25) is 0 Å². The van der Waals surface area contributed by atoms with E-state index in [2.05, 4.69) is 110 Å². The van der Waals surface area contributed by atoms with Crippen LogP contribution < -0.4 is 5.32 Å². The minimum atomic E-state index is -0.0494. The third-order valence-electron chi connectivity index (χ3n) is 6.80. The molecule has 0 spiro atoms. The van der Waals surface area contributed by atoms with Crippen LogP contribution in [0.3, 0.4) is 0 Å². The number of hydrogen-bond donors (Lipinski definition) is 1. The summed E-state index contributed by atoms with van der Waals surface area (Å²) in [5.41, 5.74) is 10.3. The molecule has 0 aliphatic heterocycles. The Labute approximate surface area is 189 Å². The van der Waals surface area contributed by atoms with Crippen molar-refractivity contribution >= 4 is 22.1 Å². The van der Waals surface area contributed by atoms with E-state index in [4.69, 9.17) is 0 Å². The maximum absolute atomic E-state index is 3.48. The molecule has 1 aliphatic rings. The molecule has 32 heavy (non-hydrogen) atoms. The van der Waals surface area contributed by atoms with Crippen molar-refractivity contribution in [2.45, 2.75) is 19.3 Å². The van der Waals surface area contributed by atoms with Gasteiger partial charge in [-0.3, -0.25) is 0 Å². The van der Waals surface area contributed by atoms with Gasteiger partial charge >= 0.3 is 0 Å². The minimum absolute atomic E-state index is 0.0494. The number of benzene rings is 5. The fourth-order valence-corrected chi connectivity index (χ4v) is 5.23. The highest BCUT2D eigenvalue weighted by atomic mass is 14.9. The zero-order valence-corrected chi connectivity index (χ0v) is 18.4. The van der Waals surface area contributed by atoms with Crippen molar-refractivity contribution < 1.29 is 0 Å². The first-order valence-corrected chi connectivity index (χ1v) is 11.2. The highest BCUT2D eigenvalue weighted by Crippen LogP contribution is 2.53. The Morgan fingerprint density at radius 1 is 0.531 bits per heavy atom. The summed E-state index contributed by atoms with van der Waals surface area (Å²) in [5.74, 6) is 0. The smallest absolute Gasteiger partial charge is 0.0384 e. The van der Waals surface area contributed by atoms with E-state index in [9.17, 15) is 0 Å². The fraction of sp³-hybridized carbons (Fsp3) is 0.0968. The van der Waals surface area contributed by atoms with Crippen LogP contribution in [-0.2, 0) is 5.41 Å². The molecule has 0 unspecified atom stereocenters. The largest absolute Gasteiger partial charge is 0.356 e. The lowest BCUT2D eigenvalue weighted by Crippen LogP contribution is -2.16. The average Bonchev–Trinajstić information content (AvgIpc) is 3.05. The molecule has 0 atom stereocenters. The number of anilines is 2. The summed E-state index contributed by atoms with van der Waals surface area (Å²) in [7, 11) is 0. The standard InChI is InChI=1S/C31H25N/c1-31(2)29-20-23-10-7-6-9-22(23)19-28(29)27-14-8-13-26(30(27)31)21-15-17-25(18-16-21)32-24-11-4-3-5-12-24/h3-20,32H,1-2H3. The Hall–Kier alpha value is -3.84. The van der Waals surface area contributed by atoms with Crippen LogP contribution in [0.1, 0.15) is 25.0 Å². The lowest BCUT2D eigenvalue weighted by atomic mass is 9.78. The monoisotopic (exact) mass is 411 g/mol. The lowest BCUT2D eigenvalue weighted by molar-refractivity contribution is 0.663. The molecule has 0 fully saturated rings. The average molecular weight is 412 g/mol. The van der Waals surface area contributed by atoms with E-state index in [0.29, 0.717) is 0 Å². The Kier molecular flexibility index (Phi) is 4.19. The zero-order chi connectivity index (χ0) is 21.7. The first-order chi connectivity index (χ1) is 15.6. The van der Waals surface area contributed by atoms with E-state index in [1.54, 1.807) is 0 Å². The summed E-state index contributed by atoms with van der Waals surface area (Å²) in [6.07, 6.45) is 0. The van der Waals surface area contributed by atoms with Gasteiger partial charge in [-0.25, -0.2) is 0 Å². The third-order valence-corrected chi connectivity index (χ3v) is 6.80. The molecule has 6 rings (SSSR count). The number of rotatable bonds is 3. The van der Waals surface area contributed by atoms with Crippen molar-refractivity contribution in [1.82, 2.24) is 0 Å². The van der Waals surface area contributed by atoms with Gasteiger partial charge in [-0.1, -0.05) is 86.6 Å². The van der Waals surface area contributed by atoms with Crippen LogP contribution in [0.5, 0.6) is 0 Å². The van der Waals surface area contributed by atoms with Crippen molar-refractivity contribution in [2.75, 3.05) is 5.32 Å². The van der Waals surface area contributed by atoms with E-state index >= 15 is 0 Å². The SMILES string of the molecule is CC1(C)c2cc3ccccc3cc2-c2cccc(-c3ccc(Nc4ccccc4)cc3)c21. The molecule has 0 aromatic heterocycles. The summed E-state index contributed by atoms with van der Waals surface area (Å²) >= 11 is 0. The second kappa shape index (κ2) is 7.10. The summed E-state index contributed by atoms with van der Waals surface area (Å²) in [4.78, 5) is 0. The van der Waals surface area contributed by atoms with E-state index in [1.807, 2.05) is 18.2 Å². The van der Waals surface area contributed by atoms with Crippen molar-refractivity contribution in [3.63, 3.8) is 0 Å². The van der Waals surface area contributed by atoms with Crippen LogP contribution in [0, 0.1) is 0 Å². The van der Waals surface area contributed by atoms with Gasteiger partial charge in [-0.2, -0.15) is 0 Å². The number of para-hydroxylation sites is 1.